The third-order valence-corrected chi connectivity index (χ3v) is 5.71. The van der Waals surface area contributed by atoms with Gasteiger partial charge in [-0.25, -0.2) is 4.99 Å². The predicted molar refractivity (Wildman–Crippen MR) is 130 cm³/mol. The standard InChI is InChI=1S/C22H35N5O.HI/c1-2-23-22(26-19-13-15-27(17-19)20-10-6-7-11-20)25-16-21(28)24-14-12-18-8-4-3-5-9-18;/h3-5,8-9,19-20H,2,6-7,10-17H2,1H3,(H,24,28)(H2,23,25,26);1H. The van der Waals surface area contributed by atoms with E-state index in [1.807, 2.05) is 18.2 Å². The lowest BCUT2D eigenvalue weighted by molar-refractivity contribution is -0.119. The van der Waals surface area contributed by atoms with Gasteiger partial charge in [0.15, 0.2) is 5.96 Å². The Hall–Kier alpha value is -1.35. The number of likely N-dealkylation sites (tertiary alicyclic amines) is 1. The average Bonchev–Trinajstić information content (AvgIpc) is 3.39. The molecule has 1 aromatic rings. The fourth-order valence-corrected chi connectivity index (χ4v) is 4.22. The molecule has 6 nitrogen and oxygen atoms in total. The highest BCUT2D eigenvalue weighted by atomic mass is 127. The molecule has 1 atom stereocenters. The topological polar surface area (TPSA) is 68.8 Å². The van der Waals surface area contributed by atoms with Crippen molar-refractivity contribution in [2.24, 2.45) is 4.99 Å². The molecule has 1 heterocycles. The molecule has 1 unspecified atom stereocenters. The zero-order valence-electron chi connectivity index (χ0n) is 17.5. The summed E-state index contributed by atoms with van der Waals surface area (Å²) in [6.45, 7) is 5.89. The molecule has 0 bridgehead atoms. The summed E-state index contributed by atoms with van der Waals surface area (Å²) in [5.74, 6) is 0.714. The molecule has 1 saturated heterocycles. The first-order chi connectivity index (χ1) is 13.7. The van der Waals surface area contributed by atoms with Gasteiger partial charge in [0, 0.05) is 38.3 Å². The zero-order valence-corrected chi connectivity index (χ0v) is 19.9. The van der Waals surface area contributed by atoms with E-state index in [0.29, 0.717) is 12.6 Å². The van der Waals surface area contributed by atoms with Crippen LogP contribution in [0.3, 0.4) is 0 Å². The Morgan fingerprint density at radius 1 is 1.14 bits per heavy atom. The van der Waals surface area contributed by atoms with Crippen molar-refractivity contribution in [2.45, 2.75) is 57.5 Å². The fraction of sp³-hybridized carbons (Fsp3) is 0.636. The molecule has 1 aliphatic carbocycles. The van der Waals surface area contributed by atoms with Gasteiger partial charge in [-0.15, -0.1) is 24.0 Å². The van der Waals surface area contributed by atoms with Gasteiger partial charge in [0.25, 0.3) is 0 Å². The summed E-state index contributed by atoms with van der Waals surface area (Å²) in [7, 11) is 0. The molecule has 162 valence electrons. The normalized spacial score (nSPS) is 20.3. The largest absolute Gasteiger partial charge is 0.357 e. The van der Waals surface area contributed by atoms with Gasteiger partial charge in [-0.3, -0.25) is 9.69 Å². The number of hydrogen-bond donors (Lipinski definition) is 3. The first-order valence-corrected chi connectivity index (χ1v) is 10.8. The summed E-state index contributed by atoms with van der Waals surface area (Å²) < 4.78 is 0. The van der Waals surface area contributed by atoms with Crippen molar-refractivity contribution in [1.82, 2.24) is 20.9 Å². The van der Waals surface area contributed by atoms with E-state index in [0.717, 1.165) is 37.9 Å². The van der Waals surface area contributed by atoms with Crippen molar-refractivity contribution >= 4 is 35.8 Å². The Morgan fingerprint density at radius 3 is 2.62 bits per heavy atom. The van der Waals surface area contributed by atoms with Gasteiger partial charge >= 0.3 is 0 Å². The molecule has 1 aromatic carbocycles. The summed E-state index contributed by atoms with van der Waals surface area (Å²) in [6, 6.07) is 11.4. The second-order valence-corrected chi connectivity index (χ2v) is 7.84. The smallest absolute Gasteiger partial charge is 0.241 e. The van der Waals surface area contributed by atoms with Crippen LogP contribution in [0.15, 0.2) is 35.3 Å². The Balaban J connectivity index is 0.00000300. The summed E-state index contributed by atoms with van der Waals surface area (Å²) in [6.07, 6.45) is 7.44. The molecule has 0 radical (unpaired) electrons. The van der Waals surface area contributed by atoms with Crippen LogP contribution in [0.4, 0.5) is 0 Å². The maximum Gasteiger partial charge on any atom is 0.241 e. The van der Waals surface area contributed by atoms with Gasteiger partial charge < -0.3 is 16.0 Å². The molecule has 2 fully saturated rings. The summed E-state index contributed by atoms with van der Waals surface area (Å²) >= 11 is 0. The first kappa shape index (κ1) is 23.9. The molecule has 3 N–H and O–H groups in total. The molecule has 3 rings (SSSR count). The van der Waals surface area contributed by atoms with E-state index in [2.05, 4.69) is 44.9 Å². The van der Waals surface area contributed by atoms with Crippen molar-refractivity contribution in [3.05, 3.63) is 35.9 Å². The van der Waals surface area contributed by atoms with Crippen LogP contribution >= 0.6 is 24.0 Å². The monoisotopic (exact) mass is 513 g/mol. The van der Waals surface area contributed by atoms with Crippen molar-refractivity contribution in [2.75, 3.05) is 32.7 Å². The molecule has 1 amide bonds. The lowest BCUT2D eigenvalue weighted by Crippen LogP contribution is -2.45. The van der Waals surface area contributed by atoms with Crippen molar-refractivity contribution < 1.29 is 4.79 Å². The number of guanidine groups is 1. The van der Waals surface area contributed by atoms with Crippen LogP contribution in [0.1, 0.15) is 44.6 Å². The third-order valence-electron chi connectivity index (χ3n) is 5.71. The highest BCUT2D eigenvalue weighted by Crippen LogP contribution is 2.26. The number of hydrogen-bond acceptors (Lipinski definition) is 3. The number of carbonyl (C=O) groups is 1. The van der Waals surface area contributed by atoms with E-state index < -0.39 is 0 Å². The molecule has 0 spiro atoms. The molecule has 29 heavy (non-hydrogen) atoms. The van der Waals surface area contributed by atoms with E-state index in [1.165, 1.54) is 37.8 Å². The number of halogens is 1. The quantitative estimate of drug-likeness (QED) is 0.284. The van der Waals surface area contributed by atoms with Crippen LogP contribution < -0.4 is 16.0 Å². The fourth-order valence-electron chi connectivity index (χ4n) is 4.22. The lowest BCUT2D eigenvalue weighted by Gasteiger charge is -2.24. The molecule has 7 heteroatoms. The summed E-state index contributed by atoms with van der Waals surface area (Å²) in [5.41, 5.74) is 1.23. The van der Waals surface area contributed by atoms with E-state index in [4.69, 9.17) is 0 Å². The maximum atomic E-state index is 12.1. The molecule has 1 aliphatic heterocycles. The van der Waals surface area contributed by atoms with E-state index in [-0.39, 0.29) is 36.4 Å². The van der Waals surface area contributed by atoms with Crippen molar-refractivity contribution in [3.63, 3.8) is 0 Å². The Kier molecular flexibility index (Phi) is 10.8. The van der Waals surface area contributed by atoms with Gasteiger partial charge in [0.05, 0.1) is 0 Å². The number of nitrogens with one attached hydrogen (secondary N) is 3. The van der Waals surface area contributed by atoms with Crippen molar-refractivity contribution in [1.29, 1.82) is 0 Å². The molecule has 0 aromatic heterocycles. The summed E-state index contributed by atoms with van der Waals surface area (Å²) in [5, 5.41) is 9.75. The molecular weight excluding hydrogens is 477 g/mol. The number of amides is 1. The highest BCUT2D eigenvalue weighted by molar-refractivity contribution is 14.0. The minimum atomic E-state index is -0.0351. The predicted octanol–water partition coefficient (Wildman–Crippen LogP) is 2.54. The zero-order chi connectivity index (χ0) is 19.6. The van der Waals surface area contributed by atoms with Gasteiger partial charge in [0.2, 0.25) is 5.91 Å². The minimum Gasteiger partial charge on any atom is -0.357 e. The van der Waals surface area contributed by atoms with Crippen LogP contribution in [-0.2, 0) is 11.2 Å². The minimum absolute atomic E-state index is 0. The van der Waals surface area contributed by atoms with Crippen LogP contribution in [0.25, 0.3) is 0 Å². The van der Waals surface area contributed by atoms with E-state index in [1.54, 1.807) is 0 Å². The molecule has 1 saturated carbocycles. The number of nitrogens with zero attached hydrogens (tertiary/aromatic N) is 2. The van der Waals surface area contributed by atoms with Crippen LogP contribution in [0.5, 0.6) is 0 Å². The maximum absolute atomic E-state index is 12.1. The number of benzene rings is 1. The second-order valence-electron chi connectivity index (χ2n) is 7.84. The third kappa shape index (κ3) is 8.12. The first-order valence-electron chi connectivity index (χ1n) is 10.8. The Morgan fingerprint density at radius 2 is 1.90 bits per heavy atom. The highest BCUT2D eigenvalue weighted by Gasteiger charge is 2.30. The second kappa shape index (κ2) is 13.1. The van der Waals surface area contributed by atoms with Gasteiger partial charge in [-0.05, 0) is 38.2 Å². The van der Waals surface area contributed by atoms with Crippen LogP contribution in [0.2, 0.25) is 0 Å². The van der Waals surface area contributed by atoms with Crippen LogP contribution in [0, 0.1) is 0 Å². The van der Waals surface area contributed by atoms with Crippen molar-refractivity contribution in [3.8, 4) is 0 Å². The van der Waals surface area contributed by atoms with Gasteiger partial charge in [-0.2, -0.15) is 0 Å². The number of carbonyl (C=O) groups excluding carboxylic acids is 1. The number of rotatable bonds is 8. The Bertz CT molecular complexity index is 633. The summed E-state index contributed by atoms with van der Waals surface area (Å²) in [4.78, 5) is 19.2. The Labute approximate surface area is 192 Å². The van der Waals surface area contributed by atoms with E-state index >= 15 is 0 Å². The van der Waals surface area contributed by atoms with E-state index in [9.17, 15) is 4.79 Å². The molecule has 2 aliphatic rings. The van der Waals surface area contributed by atoms with Gasteiger partial charge in [0.1, 0.15) is 6.54 Å². The molecular formula is C22H36IN5O. The SMILES string of the molecule is CCNC(=NCC(=O)NCCc1ccccc1)NC1CCN(C2CCCC2)C1.I. The number of aliphatic imine (C=N–C) groups is 1. The average molecular weight is 513 g/mol. The van der Waals surface area contributed by atoms with Crippen LogP contribution in [-0.4, -0.2) is 61.6 Å². The lowest BCUT2D eigenvalue weighted by atomic mass is 10.1. The van der Waals surface area contributed by atoms with Gasteiger partial charge in [-0.1, -0.05) is 43.2 Å².